The second-order valence-corrected chi connectivity index (χ2v) is 2.17. The second kappa shape index (κ2) is 6.39. The number of carbonyl (C=O) groups excluding carboxylic acids is 1. The van der Waals surface area contributed by atoms with Crippen molar-refractivity contribution in [3.63, 3.8) is 0 Å². The Morgan fingerprint density at radius 3 is 2.67 bits per heavy atom. The standard InChI is InChI=1S/C8H12O4/c1-2-6-12-8(11)5-3-4-7(9)10/h3,5H,2,4,6H2,1H3,(H,9,10)/b5-3+. The van der Waals surface area contributed by atoms with Crippen molar-refractivity contribution in [2.45, 2.75) is 19.8 Å². The highest BCUT2D eigenvalue weighted by Crippen LogP contribution is 1.87. The second-order valence-electron chi connectivity index (χ2n) is 2.17. The number of ether oxygens (including phenoxy) is 1. The maximum absolute atomic E-state index is 10.7. The van der Waals surface area contributed by atoms with Gasteiger partial charge in [0.05, 0.1) is 13.0 Å². The molecule has 12 heavy (non-hydrogen) atoms. The van der Waals surface area contributed by atoms with Crippen molar-refractivity contribution in [3.05, 3.63) is 12.2 Å². The molecule has 0 aromatic carbocycles. The van der Waals surface area contributed by atoms with Gasteiger partial charge in [0.25, 0.3) is 0 Å². The summed E-state index contributed by atoms with van der Waals surface area (Å²) in [6.45, 7) is 2.25. The summed E-state index contributed by atoms with van der Waals surface area (Å²) in [6, 6.07) is 0. The predicted octanol–water partition coefficient (Wildman–Crippen LogP) is 0.970. The molecule has 0 aromatic rings. The first-order chi connectivity index (χ1) is 5.66. The van der Waals surface area contributed by atoms with Crippen molar-refractivity contribution >= 4 is 11.9 Å². The maximum atomic E-state index is 10.7. The summed E-state index contributed by atoms with van der Waals surface area (Å²) in [5, 5.41) is 8.20. The third kappa shape index (κ3) is 6.80. The van der Waals surface area contributed by atoms with Crippen LogP contribution in [0.15, 0.2) is 12.2 Å². The number of hydrogen-bond acceptors (Lipinski definition) is 3. The molecule has 0 aliphatic carbocycles. The van der Waals surface area contributed by atoms with E-state index in [0.717, 1.165) is 12.5 Å². The molecule has 0 aliphatic rings. The minimum atomic E-state index is -0.963. The lowest BCUT2D eigenvalue weighted by molar-refractivity contribution is -0.137. The molecule has 0 aromatic heterocycles. The largest absolute Gasteiger partial charge is 0.481 e. The fourth-order valence-corrected chi connectivity index (χ4v) is 0.507. The van der Waals surface area contributed by atoms with E-state index in [2.05, 4.69) is 4.74 Å². The van der Waals surface area contributed by atoms with Gasteiger partial charge >= 0.3 is 11.9 Å². The van der Waals surface area contributed by atoms with Gasteiger partial charge in [0.1, 0.15) is 0 Å². The molecule has 0 aliphatic heterocycles. The number of carboxylic acid groups (broad SMARTS) is 1. The number of carbonyl (C=O) groups is 2. The fraction of sp³-hybridized carbons (Fsp3) is 0.500. The number of hydrogen-bond donors (Lipinski definition) is 1. The van der Waals surface area contributed by atoms with Gasteiger partial charge in [0.2, 0.25) is 0 Å². The molecule has 0 fully saturated rings. The maximum Gasteiger partial charge on any atom is 0.330 e. The number of esters is 1. The minimum Gasteiger partial charge on any atom is -0.481 e. The summed E-state index contributed by atoms with van der Waals surface area (Å²) in [5.41, 5.74) is 0. The van der Waals surface area contributed by atoms with Crippen LogP contribution in [0.1, 0.15) is 19.8 Å². The van der Waals surface area contributed by atoms with Crippen LogP contribution >= 0.6 is 0 Å². The van der Waals surface area contributed by atoms with Gasteiger partial charge in [0.15, 0.2) is 0 Å². The molecule has 68 valence electrons. The molecule has 0 saturated carbocycles. The molecule has 0 heterocycles. The third-order valence-electron chi connectivity index (χ3n) is 0.995. The highest BCUT2D eigenvalue weighted by Gasteiger charge is 1.95. The SMILES string of the molecule is CCCOC(=O)/C=C/CC(=O)O. The number of rotatable bonds is 5. The Bertz CT molecular complexity index is 183. The molecule has 0 unspecified atom stereocenters. The van der Waals surface area contributed by atoms with E-state index >= 15 is 0 Å². The van der Waals surface area contributed by atoms with E-state index in [1.807, 2.05) is 6.92 Å². The normalized spacial score (nSPS) is 10.1. The van der Waals surface area contributed by atoms with E-state index in [4.69, 9.17) is 5.11 Å². The summed E-state index contributed by atoms with van der Waals surface area (Å²) in [5.74, 6) is -1.45. The van der Waals surface area contributed by atoms with E-state index in [1.165, 1.54) is 6.08 Å². The summed E-state index contributed by atoms with van der Waals surface area (Å²) in [6.07, 6.45) is 3.00. The summed E-state index contributed by atoms with van der Waals surface area (Å²) in [7, 11) is 0. The van der Waals surface area contributed by atoms with Crippen LogP contribution in [-0.2, 0) is 14.3 Å². The van der Waals surface area contributed by atoms with Crippen molar-refractivity contribution in [3.8, 4) is 0 Å². The average molecular weight is 172 g/mol. The number of carboxylic acids is 1. The Labute approximate surface area is 70.8 Å². The molecule has 0 spiro atoms. The van der Waals surface area contributed by atoms with Gasteiger partial charge in [-0.15, -0.1) is 0 Å². The van der Waals surface area contributed by atoms with Crippen LogP contribution in [-0.4, -0.2) is 23.7 Å². The molecule has 0 bridgehead atoms. The summed E-state index contributed by atoms with van der Waals surface area (Å²) in [4.78, 5) is 20.7. The summed E-state index contributed by atoms with van der Waals surface area (Å²) >= 11 is 0. The van der Waals surface area contributed by atoms with Crippen LogP contribution < -0.4 is 0 Å². The Hall–Kier alpha value is -1.32. The zero-order chi connectivity index (χ0) is 9.40. The van der Waals surface area contributed by atoms with Crippen LogP contribution in [0.2, 0.25) is 0 Å². The van der Waals surface area contributed by atoms with Crippen LogP contribution in [0.5, 0.6) is 0 Å². The van der Waals surface area contributed by atoms with Crippen LogP contribution in [0.4, 0.5) is 0 Å². The molecule has 0 amide bonds. The molecule has 0 radical (unpaired) electrons. The topological polar surface area (TPSA) is 63.6 Å². The Morgan fingerprint density at radius 2 is 2.17 bits per heavy atom. The lowest BCUT2D eigenvalue weighted by Gasteiger charge is -1.96. The summed E-state index contributed by atoms with van der Waals surface area (Å²) < 4.78 is 4.65. The van der Waals surface area contributed by atoms with Gasteiger partial charge < -0.3 is 9.84 Å². The quantitative estimate of drug-likeness (QED) is 0.495. The van der Waals surface area contributed by atoms with Gasteiger partial charge in [-0.1, -0.05) is 13.0 Å². The van der Waals surface area contributed by atoms with Crippen molar-refractivity contribution in [2.24, 2.45) is 0 Å². The van der Waals surface area contributed by atoms with Gasteiger partial charge in [-0.05, 0) is 6.42 Å². The molecule has 4 nitrogen and oxygen atoms in total. The first-order valence-electron chi connectivity index (χ1n) is 3.72. The smallest absolute Gasteiger partial charge is 0.330 e. The fourth-order valence-electron chi connectivity index (χ4n) is 0.507. The van der Waals surface area contributed by atoms with E-state index in [1.54, 1.807) is 0 Å². The van der Waals surface area contributed by atoms with E-state index < -0.39 is 11.9 Å². The van der Waals surface area contributed by atoms with Gasteiger partial charge in [-0.25, -0.2) is 4.79 Å². The van der Waals surface area contributed by atoms with Gasteiger partial charge in [-0.3, -0.25) is 4.79 Å². The molecule has 4 heteroatoms. The van der Waals surface area contributed by atoms with Crippen molar-refractivity contribution in [1.29, 1.82) is 0 Å². The third-order valence-corrected chi connectivity index (χ3v) is 0.995. The highest BCUT2D eigenvalue weighted by atomic mass is 16.5. The molecular formula is C8H12O4. The van der Waals surface area contributed by atoms with Gasteiger partial charge in [-0.2, -0.15) is 0 Å². The average Bonchev–Trinajstić information content (AvgIpc) is 2.00. The lowest BCUT2D eigenvalue weighted by Crippen LogP contribution is -2.01. The Balaban J connectivity index is 3.54. The predicted molar refractivity (Wildman–Crippen MR) is 42.6 cm³/mol. The highest BCUT2D eigenvalue weighted by molar-refractivity contribution is 5.82. The van der Waals surface area contributed by atoms with Crippen LogP contribution in [0, 0.1) is 0 Å². The van der Waals surface area contributed by atoms with E-state index in [-0.39, 0.29) is 6.42 Å². The number of aliphatic carboxylic acids is 1. The van der Waals surface area contributed by atoms with E-state index in [0.29, 0.717) is 6.61 Å². The molecular weight excluding hydrogens is 160 g/mol. The van der Waals surface area contributed by atoms with Crippen LogP contribution in [0.3, 0.4) is 0 Å². The first-order valence-corrected chi connectivity index (χ1v) is 3.72. The van der Waals surface area contributed by atoms with Crippen LogP contribution in [0.25, 0.3) is 0 Å². The Morgan fingerprint density at radius 1 is 1.50 bits per heavy atom. The molecule has 1 N–H and O–H groups in total. The Kier molecular flexibility index (Phi) is 5.69. The van der Waals surface area contributed by atoms with Gasteiger partial charge in [0, 0.05) is 6.08 Å². The van der Waals surface area contributed by atoms with Crippen molar-refractivity contribution in [1.82, 2.24) is 0 Å². The van der Waals surface area contributed by atoms with E-state index in [9.17, 15) is 9.59 Å². The molecule has 0 atom stereocenters. The molecule has 0 rings (SSSR count). The zero-order valence-electron chi connectivity index (χ0n) is 6.95. The lowest BCUT2D eigenvalue weighted by atomic mass is 10.4. The molecule has 0 saturated heterocycles. The first kappa shape index (κ1) is 10.7. The monoisotopic (exact) mass is 172 g/mol. The minimum absolute atomic E-state index is 0.152. The van der Waals surface area contributed by atoms with Crippen molar-refractivity contribution < 1.29 is 19.4 Å². The zero-order valence-corrected chi connectivity index (χ0v) is 6.95. The van der Waals surface area contributed by atoms with Crippen molar-refractivity contribution in [2.75, 3.05) is 6.61 Å².